The summed E-state index contributed by atoms with van der Waals surface area (Å²) in [5, 5.41) is 3.25. The summed E-state index contributed by atoms with van der Waals surface area (Å²) in [6, 6.07) is 15.9. The molecule has 3 fully saturated rings. The Morgan fingerprint density at radius 1 is 0.878 bits per heavy atom. The van der Waals surface area contributed by atoms with Gasteiger partial charge in [0.15, 0.2) is 0 Å². The van der Waals surface area contributed by atoms with E-state index in [-0.39, 0.29) is 23.8 Å². The van der Waals surface area contributed by atoms with Gasteiger partial charge in [0, 0.05) is 38.3 Å². The Morgan fingerprint density at radius 3 is 2.12 bits per heavy atom. The first-order valence-corrected chi connectivity index (χ1v) is 15.4. The number of hydrogen-bond acceptors (Lipinski definition) is 5. The first kappa shape index (κ1) is 29.3. The van der Waals surface area contributed by atoms with E-state index in [2.05, 4.69) is 22.3 Å². The van der Waals surface area contributed by atoms with Crippen LogP contribution in [0, 0.1) is 37.5 Å². The lowest BCUT2D eigenvalue weighted by atomic mass is 9.79. The number of fused-ring (bicyclic) bond motifs is 1. The van der Waals surface area contributed by atoms with E-state index in [4.69, 9.17) is 4.74 Å². The number of methoxy groups -OCH3 is 1. The molecule has 4 atom stereocenters. The van der Waals surface area contributed by atoms with Gasteiger partial charge in [-0.15, -0.1) is 0 Å². The van der Waals surface area contributed by atoms with E-state index in [1.807, 2.05) is 55.1 Å². The lowest BCUT2D eigenvalue weighted by Gasteiger charge is -2.30. The van der Waals surface area contributed by atoms with Gasteiger partial charge in [-0.3, -0.25) is 14.4 Å². The highest BCUT2D eigenvalue weighted by molar-refractivity contribution is 5.98. The fourth-order valence-corrected chi connectivity index (χ4v) is 7.44. The number of likely N-dealkylation sites (tertiary alicyclic amines) is 2. The summed E-state index contributed by atoms with van der Waals surface area (Å²) >= 11 is 0. The average molecular weight is 560 g/mol. The molecule has 3 aliphatic rings. The molecular formula is C34H45N3O4. The molecule has 2 saturated heterocycles. The smallest absolute Gasteiger partial charge is 0.318 e. The third-order valence-electron chi connectivity index (χ3n) is 9.66. The zero-order valence-corrected chi connectivity index (χ0v) is 24.8. The van der Waals surface area contributed by atoms with Gasteiger partial charge in [0.1, 0.15) is 5.92 Å². The van der Waals surface area contributed by atoms with Crippen LogP contribution in [0.15, 0.2) is 48.5 Å². The van der Waals surface area contributed by atoms with Crippen LogP contribution in [-0.2, 0) is 14.3 Å². The second-order valence-corrected chi connectivity index (χ2v) is 12.4. The second-order valence-electron chi connectivity index (χ2n) is 12.4. The molecule has 7 heteroatoms. The van der Waals surface area contributed by atoms with Gasteiger partial charge < -0.3 is 19.9 Å². The van der Waals surface area contributed by atoms with Gasteiger partial charge in [-0.25, -0.2) is 0 Å². The maximum absolute atomic E-state index is 13.6. The van der Waals surface area contributed by atoms with E-state index < -0.39 is 11.9 Å². The van der Waals surface area contributed by atoms with Crippen LogP contribution in [0.3, 0.4) is 0 Å². The standard InChI is InChI=1S/C34H45N3O4/c1-23-11-10-12-24(2)30(23)33(39)37-21-27-19-36(20-28(27)22-37)18-17-29(25-13-6-4-7-14-25)35-32(38)31(34(40)41-3)26-15-8-5-9-16-26/h4,6-7,10-14,26-29,31H,5,8-9,15-22H2,1-3H3,(H,35,38)/t27-,28?,29?,31?/m0/s1. The van der Waals surface area contributed by atoms with E-state index in [0.29, 0.717) is 11.8 Å². The van der Waals surface area contributed by atoms with E-state index in [1.165, 1.54) is 7.11 Å². The minimum atomic E-state index is -0.752. The molecule has 41 heavy (non-hydrogen) atoms. The molecule has 2 amide bonds. The summed E-state index contributed by atoms with van der Waals surface area (Å²) < 4.78 is 5.09. The number of rotatable bonds is 9. The summed E-state index contributed by atoms with van der Waals surface area (Å²) in [6.07, 6.45) is 5.81. The third-order valence-corrected chi connectivity index (χ3v) is 9.66. The zero-order chi connectivity index (χ0) is 28.9. The van der Waals surface area contributed by atoms with Crippen molar-refractivity contribution in [3.63, 3.8) is 0 Å². The third kappa shape index (κ3) is 6.66. The van der Waals surface area contributed by atoms with Crippen LogP contribution in [-0.4, -0.2) is 67.4 Å². The largest absolute Gasteiger partial charge is 0.468 e. The number of amides is 2. The van der Waals surface area contributed by atoms with E-state index >= 15 is 0 Å². The van der Waals surface area contributed by atoms with Crippen LogP contribution >= 0.6 is 0 Å². The van der Waals surface area contributed by atoms with Gasteiger partial charge in [-0.1, -0.05) is 67.8 Å². The number of benzene rings is 2. The Kier molecular flexibility index (Phi) is 9.43. The quantitative estimate of drug-likeness (QED) is 0.348. The van der Waals surface area contributed by atoms with Crippen LogP contribution in [0.5, 0.6) is 0 Å². The first-order valence-electron chi connectivity index (χ1n) is 15.4. The number of nitrogens with zero attached hydrogens (tertiary/aromatic N) is 2. The Morgan fingerprint density at radius 2 is 1.51 bits per heavy atom. The Balaban J connectivity index is 1.20. The average Bonchev–Trinajstić information content (AvgIpc) is 3.55. The molecular weight excluding hydrogens is 514 g/mol. The number of carbonyl (C=O) groups is 3. The molecule has 7 nitrogen and oxygen atoms in total. The SMILES string of the molecule is COC(=O)C(C(=O)NC(CCN1CC2CN(C(=O)c3c(C)cccc3C)C[C@@H]2C1)c1ccccc1)C1CCCCC1. The molecule has 0 radical (unpaired) electrons. The molecule has 2 heterocycles. The van der Waals surface area contributed by atoms with Crippen LogP contribution in [0.1, 0.15) is 71.6 Å². The molecule has 0 aromatic heterocycles. The Hall–Kier alpha value is -3.19. The second kappa shape index (κ2) is 13.2. The topological polar surface area (TPSA) is 79.0 Å². The number of hydrogen-bond donors (Lipinski definition) is 1. The summed E-state index contributed by atoms with van der Waals surface area (Å²) in [4.78, 5) is 44.2. The number of aryl methyl sites for hydroxylation is 2. The van der Waals surface area contributed by atoms with Crippen molar-refractivity contribution in [3.05, 3.63) is 70.8 Å². The normalized spacial score (nSPS) is 22.7. The Labute approximate surface area is 244 Å². The fraction of sp³-hybridized carbons (Fsp3) is 0.559. The maximum Gasteiger partial charge on any atom is 0.318 e. The van der Waals surface area contributed by atoms with Gasteiger partial charge in [0.05, 0.1) is 13.2 Å². The predicted molar refractivity (Wildman–Crippen MR) is 159 cm³/mol. The fourth-order valence-electron chi connectivity index (χ4n) is 7.44. The summed E-state index contributed by atoms with van der Waals surface area (Å²) in [5.74, 6) is -0.236. The molecule has 1 saturated carbocycles. The highest BCUT2D eigenvalue weighted by Gasteiger charge is 2.42. The van der Waals surface area contributed by atoms with Crippen molar-refractivity contribution in [1.29, 1.82) is 0 Å². The lowest BCUT2D eigenvalue weighted by Crippen LogP contribution is -2.43. The van der Waals surface area contributed by atoms with Crippen molar-refractivity contribution in [2.75, 3.05) is 39.8 Å². The molecule has 1 aliphatic carbocycles. The van der Waals surface area contributed by atoms with Crippen LogP contribution < -0.4 is 5.32 Å². The summed E-state index contributed by atoms with van der Waals surface area (Å²) in [6.45, 7) is 8.41. The predicted octanol–water partition coefficient (Wildman–Crippen LogP) is 4.92. The minimum Gasteiger partial charge on any atom is -0.468 e. The van der Waals surface area contributed by atoms with Crippen LogP contribution in [0.4, 0.5) is 0 Å². The molecule has 2 aliphatic heterocycles. The van der Waals surface area contributed by atoms with E-state index in [1.54, 1.807) is 0 Å². The summed E-state index contributed by atoms with van der Waals surface area (Å²) in [7, 11) is 1.38. The lowest BCUT2D eigenvalue weighted by molar-refractivity contribution is -0.153. The Bertz CT molecular complexity index is 1190. The van der Waals surface area contributed by atoms with Crippen molar-refractivity contribution < 1.29 is 19.1 Å². The maximum atomic E-state index is 13.6. The highest BCUT2D eigenvalue weighted by Crippen LogP contribution is 2.34. The van der Waals surface area contributed by atoms with Gasteiger partial charge in [-0.2, -0.15) is 0 Å². The van der Waals surface area contributed by atoms with Gasteiger partial charge >= 0.3 is 5.97 Å². The molecule has 3 unspecified atom stereocenters. The monoisotopic (exact) mass is 559 g/mol. The molecule has 220 valence electrons. The van der Waals surface area contributed by atoms with Crippen molar-refractivity contribution in [3.8, 4) is 0 Å². The van der Waals surface area contributed by atoms with E-state index in [0.717, 1.165) is 93.5 Å². The van der Waals surface area contributed by atoms with Crippen LogP contribution in [0.2, 0.25) is 0 Å². The number of carbonyl (C=O) groups excluding carboxylic acids is 3. The zero-order valence-electron chi connectivity index (χ0n) is 24.8. The van der Waals surface area contributed by atoms with Gasteiger partial charge in [0.25, 0.3) is 5.91 Å². The van der Waals surface area contributed by atoms with Crippen molar-refractivity contribution in [1.82, 2.24) is 15.1 Å². The molecule has 2 aromatic carbocycles. The van der Waals surface area contributed by atoms with Crippen LogP contribution in [0.25, 0.3) is 0 Å². The number of esters is 1. The number of nitrogens with one attached hydrogen (secondary N) is 1. The molecule has 0 spiro atoms. The number of ether oxygens (including phenoxy) is 1. The van der Waals surface area contributed by atoms with Crippen molar-refractivity contribution >= 4 is 17.8 Å². The minimum absolute atomic E-state index is 0.0414. The molecule has 1 N–H and O–H groups in total. The van der Waals surface area contributed by atoms with Crippen molar-refractivity contribution in [2.45, 2.75) is 58.4 Å². The molecule has 5 rings (SSSR count). The first-order chi connectivity index (χ1) is 19.9. The van der Waals surface area contributed by atoms with E-state index in [9.17, 15) is 14.4 Å². The highest BCUT2D eigenvalue weighted by atomic mass is 16.5. The van der Waals surface area contributed by atoms with Gasteiger partial charge in [0.2, 0.25) is 5.91 Å². The van der Waals surface area contributed by atoms with Crippen molar-refractivity contribution in [2.24, 2.45) is 23.7 Å². The van der Waals surface area contributed by atoms with Gasteiger partial charge in [-0.05, 0) is 67.6 Å². The molecule has 0 bridgehead atoms. The molecule has 2 aromatic rings. The summed E-state index contributed by atoms with van der Waals surface area (Å²) in [5.41, 5.74) is 3.99.